The molecule has 0 bridgehead atoms. The van der Waals surface area contributed by atoms with Crippen LogP contribution in [0, 0.1) is 11.3 Å². The van der Waals surface area contributed by atoms with Crippen LogP contribution in [0.15, 0.2) is 30.3 Å². The predicted octanol–water partition coefficient (Wildman–Crippen LogP) is 2.88. The van der Waals surface area contributed by atoms with Gasteiger partial charge < -0.3 is 20.1 Å². The highest BCUT2D eigenvalue weighted by Crippen LogP contribution is 2.48. The van der Waals surface area contributed by atoms with E-state index < -0.39 is 5.97 Å². The minimum Gasteiger partial charge on any atom is -0.481 e. The highest BCUT2D eigenvalue weighted by molar-refractivity contribution is 5.75. The van der Waals surface area contributed by atoms with Gasteiger partial charge in [-0.05, 0) is 43.1 Å². The summed E-state index contributed by atoms with van der Waals surface area (Å²) in [6.45, 7) is 3.06. The minimum atomic E-state index is -0.752. The molecule has 1 saturated heterocycles. The summed E-state index contributed by atoms with van der Waals surface area (Å²) in [6.07, 6.45) is 4.30. The Balaban J connectivity index is 1.32. The van der Waals surface area contributed by atoms with E-state index in [1.807, 2.05) is 18.2 Å². The first-order valence-corrected chi connectivity index (χ1v) is 9.45. The van der Waals surface area contributed by atoms with Gasteiger partial charge in [-0.1, -0.05) is 30.3 Å². The summed E-state index contributed by atoms with van der Waals surface area (Å²) in [5.41, 5.74) is 1.36. The number of ether oxygens (including phenoxy) is 1. The smallest absolute Gasteiger partial charge is 0.317 e. The first-order valence-electron chi connectivity index (χ1n) is 9.45. The fourth-order valence-corrected chi connectivity index (χ4v) is 3.45. The van der Waals surface area contributed by atoms with Crippen molar-refractivity contribution in [1.29, 1.82) is 0 Å². The number of benzene rings is 1. The maximum absolute atomic E-state index is 12.3. The van der Waals surface area contributed by atoms with E-state index in [4.69, 9.17) is 9.84 Å². The molecule has 1 aliphatic heterocycles. The molecule has 2 amide bonds. The van der Waals surface area contributed by atoms with Crippen LogP contribution >= 0.6 is 0 Å². The van der Waals surface area contributed by atoms with Crippen molar-refractivity contribution >= 4 is 12.0 Å². The third-order valence-corrected chi connectivity index (χ3v) is 5.59. The van der Waals surface area contributed by atoms with Gasteiger partial charge >= 0.3 is 12.0 Å². The number of carboxylic acids is 1. The van der Waals surface area contributed by atoms with Crippen LogP contribution in [0.1, 0.15) is 37.7 Å². The Morgan fingerprint density at radius 3 is 2.50 bits per heavy atom. The van der Waals surface area contributed by atoms with E-state index in [0.29, 0.717) is 45.7 Å². The molecule has 1 aliphatic carbocycles. The Bertz CT molecular complexity index is 607. The lowest BCUT2D eigenvalue weighted by molar-refractivity contribution is -0.143. The quantitative estimate of drug-likeness (QED) is 0.699. The molecule has 0 aromatic heterocycles. The van der Waals surface area contributed by atoms with Crippen LogP contribution in [0.3, 0.4) is 0 Å². The van der Waals surface area contributed by atoms with Gasteiger partial charge in [0.15, 0.2) is 0 Å². The number of carbonyl (C=O) groups is 2. The van der Waals surface area contributed by atoms with E-state index in [0.717, 1.165) is 19.3 Å². The number of urea groups is 1. The molecule has 1 saturated carbocycles. The Morgan fingerprint density at radius 2 is 1.88 bits per heavy atom. The Labute approximate surface area is 154 Å². The molecule has 2 fully saturated rings. The van der Waals surface area contributed by atoms with Crippen LogP contribution in [0.2, 0.25) is 0 Å². The summed E-state index contributed by atoms with van der Waals surface area (Å²) in [5, 5.41) is 12.1. The molecule has 1 aromatic carbocycles. The molecule has 3 rings (SSSR count). The molecule has 6 heteroatoms. The van der Waals surface area contributed by atoms with Crippen LogP contribution < -0.4 is 5.32 Å². The number of piperidine rings is 1. The molecule has 0 unspecified atom stereocenters. The highest BCUT2D eigenvalue weighted by Gasteiger charge is 2.42. The SMILES string of the molecule is O=C(O)C1CCN(C(=O)NCC2(CCOCc3ccccc3)CC2)CC1. The normalized spacial score (nSPS) is 19.2. The van der Waals surface area contributed by atoms with Crippen LogP contribution in [-0.4, -0.2) is 48.2 Å². The summed E-state index contributed by atoms with van der Waals surface area (Å²) in [4.78, 5) is 25.0. The summed E-state index contributed by atoms with van der Waals surface area (Å²) in [6, 6.07) is 10.1. The molecule has 2 N–H and O–H groups in total. The van der Waals surface area contributed by atoms with Gasteiger partial charge in [0.1, 0.15) is 0 Å². The summed E-state index contributed by atoms with van der Waals surface area (Å²) in [7, 11) is 0. The number of carboxylic acid groups (broad SMARTS) is 1. The second-order valence-electron chi connectivity index (χ2n) is 7.55. The zero-order chi connectivity index (χ0) is 18.4. The third kappa shape index (κ3) is 5.21. The molecule has 26 heavy (non-hydrogen) atoms. The lowest BCUT2D eigenvalue weighted by atomic mass is 9.97. The highest BCUT2D eigenvalue weighted by atomic mass is 16.5. The summed E-state index contributed by atoms with van der Waals surface area (Å²) in [5.74, 6) is -1.06. The number of nitrogens with zero attached hydrogens (tertiary/aromatic N) is 1. The number of likely N-dealkylation sites (tertiary alicyclic amines) is 1. The maximum Gasteiger partial charge on any atom is 0.317 e. The number of aliphatic carboxylic acids is 1. The van der Waals surface area contributed by atoms with Crippen molar-refractivity contribution in [2.75, 3.05) is 26.2 Å². The van der Waals surface area contributed by atoms with Crippen LogP contribution in [-0.2, 0) is 16.1 Å². The van der Waals surface area contributed by atoms with E-state index in [-0.39, 0.29) is 17.4 Å². The zero-order valence-corrected chi connectivity index (χ0v) is 15.2. The number of hydrogen-bond donors (Lipinski definition) is 2. The van der Waals surface area contributed by atoms with Crippen molar-refractivity contribution in [3.05, 3.63) is 35.9 Å². The van der Waals surface area contributed by atoms with Crippen molar-refractivity contribution in [2.45, 2.75) is 38.7 Å². The van der Waals surface area contributed by atoms with Crippen LogP contribution in [0.25, 0.3) is 0 Å². The molecular weight excluding hydrogens is 332 g/mol. The monoisotopic (exact) mass is 360 g/mol. The molecule has 1 aromatic rings. The van der Waals surface area contributed by atoms with Crippen molar-refractivity contribution in [3.63, 3.8) is 0 Å². The fraction of sp³-hybridized carbons (Fsp3) is 0.600. The average Bonchev–Trinajstić information content (AvgIpc) is 3.44. The molecule has 0 radical (unpaired) electrons. The van der Waals surface area contributed by atoms with Gasteiger partial charge in [0.05, 0.1) is 12.5 Å². The van der Waals surface area contributed by atoms with Gasteiger partial charge in [0.25, 0.3) is 0 Å². The fourth-order valence-electron chi connectivity index (χ4n) is 3.45. The topological polar surface area (TPSA) is 78.9 Å². The van der Waals surface area contributed by atoms with Gasteiger partial charge in [0.2, 0.25) is 0 Å². The predicted molar refractivity (Wildman–Crippen MR) is 97.7 cm³/mol. The average molecular weight is 360 g/mol. The summed E-state index contributed by atoms with van der Waals surface area (Å²) < 4.78 is 5.77. The molecule has 6 nitrogen and oxygen atoms in total. The molecular formula is C20H28N2O4. The minimum absolute atomic E-state index is 0.0645. The zero-order valence-electron chi connectivity index (χ0n) is 15.2. The maximum atomic E-state index is 12.3. The Kier molecular flexibility index (Phi) is 6.14. The van der Waals surface area contributed by atoms with Gasteiger partial charge in [-0.2, -0.15) is 0 Å². The second-order valence-corrected chi connectivity index (χ2v) is 7.55. The van der Waals surface area contributed by atoms with Crippen LogP contribution in [0.4, 0.5) is 4.79 Å². The van der Waals surface area contributed by atoms with Crippen molar-refractivity contribution < 1.29 is 19.4 Å². The number of amides is 2. The molecule has 1 heterocycles. The molecule has 142 valence electrons. The Hall–Kier alpha value is -2.08. The van der Waals surface area contributed by atoms with E-state index in [9.17, 15) is 9.59 Å². The first-order chi connectivity index (χ1) is 12.6. The van der Waals surface area contributed by atoms with E-state index >= 15 is 0 Å². The van der Waals surface area contributed by atoms with Gasteiger partial charge in [0, 0.05) is 26.2 Å². The third-order valence-electron chi connectivity index (χ3n) is 5.59. The molecule has 2 aliphatic rings. The number of carbonyl (C=O) groups excluding carboxylic acids is 1. The number of rotatable bonds is 8. The summed E-state index contributed by atoms with van der Waals surface area (Å²) >= 11 is 0. The van der Waals surface area contributed by atoms with E-state index in [1.165, 1.54) is 5.56 Å². The largest absolute Gasteiger partial charge is 0.481 e. The molecule has 0 atom stereocenters. The second kappa shape index (κ2) is 8.54. The lowest BCUT2D eigenvalue weighted by Gasteiger charge is -2.30. The van der Waals surface area contributed by atoms with E-state index in [2.05, 4.69) is 17.4 Å². The first kappa shape index (κ1) is 18.7. The number of hydrogen-bond acceptors (Lipinski definition) is 3. The standard InChI is InChI=1S/C20H28N2O4/c23-18(24)17-6-11-22(12-7-17)19(25)21-15-20(8-9-20)10-13-26-14-16-4-2-1-3-5-16/h1-5,17H,6-15H2,(H,21,25)(H,23,24). The van der Waals surface area contributed by atoms with E-state index in [1.54, 1.807) is 4.90 Å². The lowest BCUT2D eigenvalue weighted by Crippen LogP contribution is -2.46. The van der Waals surface area contributed by atoms with Gasteiger partial charge in [-0.25, -0.2) is 4.79 Å². The van der Waals surface area contributed by atoms with Crippen molar-refractivity contribution in [1.82, 2.24) is 10.2 Å². The van der Waals surface area contributed by atoms with Gasteiger partial charge in [-0.15, -0.1) is 0 Å². The van der Waals surface area contributed by atoms with Gasteiger partial charge in [-0.3, -0.25) is 4.79 Å². The molecule has 0 spiro atoms. The van der Waals surface area contributed by atoms with Crippen molar-refractivity contribution in [3.8, 4) is 0 Å². The van der Waals surface area contributed by atoms with Crippen molar-refractivity contribution in [2.24, 2.45) is 11.3 Å². The van der Waals surface area contributed by atoms with Crippen LogP contribution in [0.5, 0.6) is 0 Å². The number of nitrogens with one attached hydrogen (secondary N) is 1. The Morgan fingerprint density at radius 1 is 1.19 bits per heavy atom.